The van der Waals surface area contributed by atoms with Crippen LogP contribution in [-0.2, 0) is 32.7 Å². The Morgan fingerprint density at radius 3 is 1.33 bits per heavy atom. The van der Waals surface area contributed by atoms with Crippen molar-refractivity contribution in [1.29, 1.82) is 0 Å². The summed E-state index contributed by atoms with van der Waals surface area (Å²) in [6.45, 7) is 2.14. The van der Waals surface area contributed by atoms with Gasteiger partial charge in [-0.15, -0.1) is 0 Å². The molecule has 0 rings (SSSR count). The lowest BCUT2D eigenvalue weighted by atomic mass is 10.1. The lowest BCUT2D eigenvalue weighted by Gasteiger charge is -2.20. The third-order valence-electron chi connectivity index (χ3n) is 8.91. The van der Waals surface area contributed by atoms with Gasteiger partial charge in [0.05, 0.1) is 19.8 Å². The predicted octanol–water partition coefficient (Wildman–Crippen LogP) is 12.6. The number of allylic oxidation sites excluding steroid dienone is 18. The maximum atomic E-state index is 12.6. The molecule has 0 aromatic heterocycles. The minimum absolute atomic E-state index is 0.132. The highest BCUT2D eigenvalue weighted by Crippen LogP contribution is 2.43. The molecule has 0 amide bonds. The standard InChI is InChI=1S/C50H81O10P/c1-3-5-7-9-11-13-15-17-19-21-23-25-27-29-31-33-35-37-39-41-49(53)57-45-48(46-59-61(55,56)58-44-47(52)43-51)60-50(54)42-40-38-36-34-32-30-28-26-24-22-20-18-16-14-12-10-8-6-4-2/h5,7,11-14,17-20,23-26,29-32,47-48,51-52H,3-4,6,8-10,15-16,21-22,27-28,33-46H2,1-2H3,(H,55,56)/b7-5-,13-11-,14-12-,19-17-,20-18-,25-23-,26-24-,31-29-,32-30-/t47-,48+/m0/s1. The average molecular weight is 873 g/mol. The average Bonchev–Trinajstić information content (AvgIpc) is 3.25. The molecule has 0 aliphatic carbocycles. The lowest BCUT2D eigenvalue weighted by molar-refractivity contribution is -0.161. The Morgan fingerprint density at radius 1 is 0.508 bits per heavy atom. The van der Waals surface area contributed by atoms with Gasteiger partial charge in [-0.2, -0.15) is 0 Å². The fourth-order valence-corrected chi connectivity index (χ4v) is 6.20. The second-order valence-electron chi connectivity index (χ2n) is 14.7. The maximum Gasteiger partial charge on any atom is 0.472 e. The molecule has 3 N–H and O–H groups in total. The molecular weight excluding hydrogens is 792 g/mol. The molecular formula is C50H81O10P. The Balaban J connectivity index is 4.43. The van der Waals surface area contributed by atoms with Gasteiger partial charge in [-0.1, -0.05) is 149 Å². The first-order valence-electron chi connectivity index (χ1n) is 22.8. The van der Waals surface area contributed by atoms with Crippen LogP contribution in [0.15, 0.2) is 109 Å². The third-order valence-corrected chi connectivity index (χ3v) is 9.86. The van der Waals surface area contributed by atoms with Crippen LogP contribution in [0.1, 0.15) is 155 Å². The molecule has 0 radical (unpaired) electrons. The van der Waals surface area contributed by atoms with E-state index in [0.717, 1.165) is 89.9 Å². The Morgan fingerprint density at radius 2 is 0.902 bits per heavy atom. The number of unbranched alkanes of at least 4 members (excludes halogenated alkanes) is 9. The zero-order valence-corrected chi connectivity index (χ0v) is 38.5. The number of aliphatic hydroxyl groups excluding tert-OH is 2. The van der Waals surface area contributed by atoms with E-state index < -0.39 is 51.8 Å². The summed E-state index contributed by atoms with van der Waals surface area (Å²) in [4.78, 5) is 35.1. The molecule has 0 heterocycles. The summed E-state index contributed by atoms with van der Waals surface area (Å²) >= 11 is 0. The molecule has 0 saturated heterocycles. The smallest absolute Gasteiger partial charge is 0.462 e. The monoisotopic (exact) mass is 873 g/mol. The van der Waals surface area contributed by atoms with E-state index in [1.165, 1.54) is 25.7 Å². The SMILES string of the molecule is CC/C=C\C/C=C\C/C=C\C/C=C\C/C=C\CCCCCC(=O)OC[C@H](COP(=O)(O)OC[C@@H](O)CO)OC(=O)CCCCC/C=C\C/C=C\C/C=C\C/C=C\CCCCC. The van der Waals surface area contributed by atoms with Gasteiger partial charge in [0.1, 0.15) is 12.7 Å². The van der Waals surface area contributed by atoms with E-state index in [-0.39, 0.29) is 19.4 Å². The van der Waals surface area contributed by atoms with E-state index in [0.29, 0.717) is 12.8 Å². The zero-order chi connectivity index (χ0) is 44.8. The molecule has 0 aromatic rings. The summed E-state index contributed by atoms with van der Waals surface area (Å²) in [5.74, 6) is -1.01. The summed E-state index contributed by atoms with van der Waals surface area (Å²) in [6, 6.07) is 0. The Kier molecular flexibility index (Phi) is 42.2. The highest BCUT2D eigenvalue weighted by atomic mass is 31.2. The largest absolute Gasteiger partial charge is 0.472 e. The summed E-state index contributed by atoms with van der Waals surface area (Å²) in [7, 11) is -4.65. The van der Waals surface area contributed by atoms with Crippen LogP contribution < -0.4 is 0 Å². The van der Waals surface area contributed by atoms with Gasteiger partial charge in [-0.05, 0) is 103 Å². The molecule has 10 nitrogen and oxygen atoms in total. The molecule has 3 atom stereocenters. The summed E-state index contributed by atoms with van der Waals surface area (Å²) in [5, 5.41) is 18.4. The summed E-state index contributed by atoms with van der Waals surface area (Å²) < 4.78 is 32.7. The molecule has 1 unspecified atom stereocenters. The van der Waals surface area contributed by atoms with Gasteiger partial charge in [-0.25, -0.2) is 4.57 Å². The molecule has 0 bridgehead atoms. The van der Waals surface area contributed by atoms with E-state index in [2.05, 4.69) is 128 Å². The maximum absolute atomic E-state index is 12.6. The Labute approximate surface area is 369 Å². The number of phosphoric ester groups is 1. The van der Waals surface area contributed by atoms with Crippen LogP contribution in [0, 0.1) is 0 Å². The van der Waals surface area contributed by atoms with Crippen molar-refractivity contribution in [2.24, 2.45) is 0 Å². The van der Waals surface area contributed by atoms with Crippen molar-refractivity contribution < 1.29 is 47.8 Å². The van der Waals surface area contributed by atoms with Gasteiger partial charge in [0.2, 0.25) is 0 Å². The number of phosphoric acid groups is 1. The van der Waals surface area contributed by atoms with Gasteiger partial charge < -0.3 is 24.6 Å². The third kappa shape index (κ3) is 44.5. The number of esters is 2. The first-order valence-corrected chi connectivity index (χ1v) is 24.3. The minimum atomic E-state index is -4.65. The van der Waals surface area contributed by atoms with Gasteiger partial charge in [0.15, 0.2) is 6.10 Å². The number of hydrogen-bond acceptors (Lipinski definition) is 9. The van der Waals surface area contributed by atoms with Crippen LogP contribution in [0.4, 0.5) is 0 Å². The van der Waals surface area contributed by atoms with Gasteiger partial charge in [0, 0.05) is 12.8 Å². The van der Waals surface area contributed by atoms with Crippen molar-refractivity contribution in [3.63, 3.8) is 0 Å². The van der Waals surface area contributed by atoms with E-state index in [9.17, 15) is 24.2 Å². The van der Waals surface area contributed by atoms with E-state index in [4.69, 9.17) is 19.1 Å². The predicted molar refractivity (Wildman–Crippen MR) is 251 cm³/mol. The van der Waals surface area contributed by atoms with Crippen molar-refractivity contribution in [3.8, 4) is 0 Å². The zero-order valence-electron chi connectivity index (χ0n) is 37.6. The first-order chi connectivity index (χ1) is 29.7. The molecule has 11 heteroatoms. The molecule has 0 aliphatic rings. The normalized spacial score (nSPS) is 14.8. The Hall–Kier alpha value is -3.37. The van der Waals surface area contributed by atoms with E-state index in [1.807, 2.05) is 0 Å². The van der Waals surface area contributed by atoms with Crippen LogP contribution >= 0.6 is 7.82 Å². The van der Waals surface area contributed by atoms with Crippen LogP contribution in [0.25, 0.3) is 0 Å². The molecule has 0 aliphatic heterocycles. The van der Waals surface area contributed by atoms with Crippen molar-refractivity contribution >= 4 is 19.8 Å². The minimum Gasteiger partial charge on any atom is -0.462 e. The topological polar surface area (TPSA) is 149 Å². The van der Waals surface area contributed by atoms with Gasteiger partial charge >= 0.3 is 19.8 Å². The van der Waals surface area contributed by atoms with Crippen LogP contribution in [0.5, 0.6) is 0 Å². The first kappa shape index (κ1) is 57.6. The van der Waals surface area contributed by atoms with Crippen molar-refractivity contribution in [2.75, 3.05) is 26.4 Å². The molecule has 0 fully saturated rings. The van der Waals surface area contributed by atoms with Crippen LogP contribution in [0.2, 0.25) is 0 Å². The number of rotatable bonds is 41. The van der Waals surface area contributed by atoms with Crippen LogP contribution in [0.3, 0.4) is 0 Å². The molecule has 0 saturated carbocycles. The van der Waals surface area contributed by atoms with E-state index in [1.54, 1.807) is 0 Å². The second-order valence-corrected chi connectivity index (χ2v) is 16.1. The highest BCUT2D eigenvalue weighted by molar-refractivity contribution is 7.47. The molecule has 0 spiro atoms. The van der Waals surface area contributed by atoms with Gasteiger partial charge in [0.25, 0.3) is 0 Å². The van der Waals surface area contributed by atoms with Crippen molar-refractivity contribution in [1.82, 2.24) is 0 Å². The number of carbonyl (C=O) groups excluding carboxylic acids is 2. The number of aliphatic hydroxyl groups is 2. The van der Waals surface area contributed by atoms with Crippen molar-refractivity contribution in [2.45, 2.75) is 167 Å². The fraction of sp³-hybridized carbons (Fsp3) is 0.600. The quantitative estimate of drug-likeness (QED) is 0.0235. The number of ether oxygens (including phenoxy) is 2. The van der Waals surface area contributed by atoms with Gasteiger partial charge in [-0.3, -0.25) is 18.6 Å². The van der Waals surface area contributed by atoms with E-state index >= 15 is 0 Å². The molecule has 0 aromatic carbocycles. The number of carbonyl (C=O) groups is 2. The Bertz CT molecular complexity index is 1370. The number of hydrogen-bond donors (Lipinski definition) is 3. The fourth-order valence-electron chi connectivity index (χ4n) is 5.41. The van der Waals surface area contributed by atoms with Crippen LogP contribution in [-0.4, -0.2) is 65.7 Å². The van der Waals surface area contributed by atoms with Crippen molar-refractivity contribution in [3.05, 3.63) is 109 Å². The summed E-state index contributed by atoms with van der Waals surface area (Å²) in [5.41, 5.74) is 0. The molecule has 346 valence electrons. The highest BCUT2D eigenvalue weighted by Gasteiger charge is 2.27. The summed E-state index contributed by atoms with van der Waals surface area (Å²) in [6.07, 6.45) is 56.2. The second kappa shape index (κ2) is 44.7. The molecule has 61 heavy (non-hydrogen) atoms. The lowest BCUT2D eigenvalue weighted by Crippen LogP contribution is -2.29.